The van der Waals surface area contributed by atoms with Crippen LogP contribution in [-0.4, -0.2) is 89.7 Å². The normalized spacial score (nSPS) is 50.4. The molecule has 2 aliphatic heterocycles. The third-order valence-electron chi connectivity index (χ3n) is 12.4. The second-order valence-electron chi connectivity index (χ2n) is 14.0. The fourth-order valence-corrected chi connectivity index (χ4v) is 10.3. The Labute approximate surface area is 248 Å². The summed E-state index contributed by atoms with van der Waals surface area (Å²) < 4.78 is 23.1. The van der Waals surface area contributed by atoms with Crippen molar-refractivity contribution in [1.29, 1.82) is 5.26 Å². The topological polar surface area (TPSA) is 151 Å². The molecule has 1 saturated heterocycles. The predicted octanol–water partition coefficient (Wildman–Crippen LogP) is 2.83. The number of hydrogen-bond donors (Lipinski definition) is 3. The number of ether oxygens (including phenoxy) is 4. The van der Waals surface area contributed by atoms with Crippen molar-refractivity contribution in [2.45, 2.75) is 120 Å². The highest BCUT2D eigenvalue weighted by atomic mass is 16.7. The summed E-state index contributed by atoms with van der Waals surface area (Å²) in [6.07, 6.45) is 7.57. The highest BCUT2D eigenvalue weighted by molar-refractivity contribution is 5.85. The maximum atomic E-state index is 12.6. The zero-order chi connectivity index (χ0) is 29.9. The lowest BCUT2D eigenvalue weighted by Crippen LogP contribution is -2.69. The molecular weight excluding hydrogens is 540 g/mol. The molecule has 0 spiro atoms. The zero-order valence-corrected chi connectivity index (χ0v) is 25.0. The Morgan fingerprint density at radius 1 is 1.17 bits per heavy atom. The molecule has 0 aromatic rings. The maximum Gasteiger partial charge on any atom is 0.331 e. The molecule has 10 heteroatoms. The molecule has 6 aliphatic rings. The van der Waals surface area contributed by atoms with Gasteiger partial charge in [-0.25, -0.2) is 4.79 Å². The van der Waals surface area contributed by atoms with Gasteiger partial charge in [-0.1, -0.05) is 6.92 Å². The number of cyclic esters (lactones) is 1. The van der Waals surface area contributed by atoms with E-state index < -0.39 is 35.1 Å². The van der Waals surface area contributed by atoms with Crippen LogP contribution in [-0.2, 0) is 23.7 Å². The highest BCUT2D eigenvalue weighted by Gasteiger charge is 2.71. The molecule has 0 aromatic carbocycles. The summed E-state index contributed by atoms with van der Waals surface area (Å²) in [4.78, 5) is 16.4. The molecule has 0 aromatic heterocycles. The number of carbonyl (C=O) groups is 1. The Balaban J connectivity index is 1.26. The van der Waals surface area contributed by atoms with Gasteiger partial charge >= 0.3 is 5.97 Å². The van der Waals surface area contributed by atoms with E-state index in [0.29, 0.717) is 51.6 Å². The summed E-state index contributed by atoms with van der Waals surface area (Å²) in [6.45, 7) is 4.32. The molecule has 0 bridgehead atoms. The molecule has 2 heterocycles. The highest BCUT2D eigenvalue weighted by Crippen LogP contribution is 2.70. The van der Waals surface area contributed by atoms with Gasteiger partial charge in [-0.15, -0.1) is 0 Å². The van der Waals surface area contributed by atoms with Crippen molar-refractivity contribution in [1.82, 2.24) is 0 Å². The number of aliphatic hydroxyl groups excluding tert-OH is 1. The molecule has 4 aliphatic carbocycles. The minimum atomic E-state index is -1.10. The molecule has 4 saturated carbocycles. The van der Waals surface area contributed by atoms with Crippen LogP contribution in [0.1, 0.15) is 78.1 Å². The van der Waals surface area contributed by atoms with Gasteiger partial charge in [0.2, 0.25) is 0 Å². The van der Waals surface area contributed by atoms with E-state index in [4.69, 9.17) is 18.9 Å². The number of esters is 1. The van der Waals surface area contributed by atoms with Gasteiger partial charge in [-0.2, -0.15) is 5.26 Å². The SMILES string of the molecule is CO[C@@H]1C[C@H](O[C@@H]2CC[C@]3(C=NCC#N)[C@H]4CC[C@]5(C)[C@H](C6=CC(=O)OC6)CC[C@]5(O)[C@@H]4CC[C@]3(O)C2)O[C@@H](C)[C@@H]1O. The lowest BCUT2D eigenvalue weighted by Gasteiger charge is -2.66. The molecule has 12 atom stereocenters. The van der Waals surface area contributed by atoms with E-state index in [1.165, 1.54) is 0 Å². The molecule has 0 amide bonds. The average Bonchev–Trinajstić information content (AvgIpc) is 3.50. The Kier molecular flexibility index (Phi) is 7.85. The van der Waals surface area contributed by atoms with Gasteiger partial charge in [-0.05, 0) is 81.6 Å². The van der Waals surface area contributed by atoms with Crippen LogP contribution in [0.4, 0.5) is 0 Å². The van der Waals surface area contributed by atoms with Crippen molar-refractivity contribution in [2.24, 2.45) is 33.6 Å². The van der Waals surface area contributed by atoms with Gasteiger partial charge < -0.3 is 34.3 Å². The van der Waals surface area contributed by atoms with Crippen LogP contribution in [0, 0.1) is 39.9 Å². The monoisotopic (exact) mass is 586 g/mol. The number of methoxy groups -OCH3 is 1. The Morgan fingerprint density at radius 2 is 1.95 bits per heavy atom. The smallest absolute Gasteiger partial charge is 0.331 e. The molecule has 0 unspecified atom stereocenters. The second-order valence-corrected chi connectivity index (χ2v) is 14.0. The summed E-state index contributed by atoms with van der Waals surface area (Å²) in [5.41, 5.74) is -2.10. The number of rotatable bonds is 6. The van der Waals surface area contributed by atoms with Crippen molar-refractivity contribution in [3.8, 4) is 6.07 Å². The van der Waals surface area contributed by atoms with E-state index >= 15 is 0 Å². The molecule has 232 valence electrons. The van der Waals surface area contributed by atoms with Crippen LogP contribution in [0.3, 0.4) is 0 Å². The van der Waals surface area contributed by atoms with Gasteiger partial charge in [0.25, 0.3) is 0 Å². The van der Waals surface area contributed by atoms with Gasteiger partial charge in [0.1, 0.15) is 19.3 Å². The van der Waals surface area contributed by atoms with Crippen LogP contribution < -0.4 is 0 Å². The second kappa shape index (κ2) is 10.9. The van der Waals surface area contributed by atoms with Crippen molar-refractivity contribution in [3.63, 3.8) is 0 Å². The Hall–Kier alpha value is -1.87. The quantitative estimate of drug-likeness (QED) is 0.185. The van der Waals surface area contributed by atoms with Crippen LogP contribution in [0.2, 0.25) is 0 Å². The first-order valence-corrected chi connectivity index (χ1v) is 15.7. The first-order chi connectivity index (χ1) is 20.0. The van der Waals surface area contributed by atoms with Crippen molar-refractivity contribution in [2.75, 3.05) is 20.3 Å². The van der Waals surface area contributed by atoms with Crippen LogP contribution in [0.5, 0.6) is 0 Å². The molecule has 5 fully saturated rings. The fourth-order valence-electron chi connectivity index (χ4n) is 10.3. The number of carbonyl (C=O) groups excluding carboxylic acids is 1. The van der Waals surface area contributed by atoms with E-state index in [1.54, 1.807) is 13.2 Å². The number of aliphatic imine (C=N–C) groups is 1. The summed E-state index contributed by atoms with van der Waals surface area (Å²) in [6, 6.07) is 2.11. The molecule has 6 rings (SSSR count). The summed E-state index contributed by atoms with van der Waals surface area (Å²) >= 11 is 0. The number of aliphatic hydroxyl groups is 3. The molecule has 0 radical (unpaired) electrons. The van der Waals surface area contributed by atoms with Crippen LogP contribution in [0.25, 0.3) is 0 Å². The third-order valence-corrected chi connectivity index (χ3v) is 12.4. The number of nitriles is 1. The molecule has 10 nitrogen and oxygen atoms in total. The first-order valence-electron chi connectivity index (χ1n) is 15.7. The van der Waals surface area contributed by atoms with E-state index in [9.17, 15) is 25.4 Å². The van der Waals surface area contributed by atoms with Crippen molar-refractivity contribution < 1.29 is 39.1 Å². The van der Waals surface area contributed by atoms with E-state index in [-0.39, 0.29) is 47.9 Å². The summed E-state index contributed by atoms with van der Waals surface area (Å²) in [5.74, 6) is -0.229. The summed E-state index contributed by atoms with van der Waals surface area (Å²) in [5, 5.41) is 44.7. The van der Waals surface area contributed by atoms with E-state index in [2.05, 4.69) is 18.0 Å². The van der Waals surface area contributed by atoms with E-state index in [0.717, 1.165) is 24.8 Å². The fraction of sp³-hybridized carbons (Fsp3) is 0.844. The van der Waals surface area contributed by atoms with Gasteiger partial charge in [0, 0.05) is 43.1 Å². The Bertz CT molecular complexity index is 1170. The van der Waals surface area contributed by atoms with Crippen molar-refractivity contribution >= 4 is 12.2 Å². The largest absolute Gasteiger partial charge is 0.458 e. The minimum Gasteiger partial charge on any atom is -0.458 e. The standard InChI is InChI=1S/C32H46N2O8/c1-19-28(36)25(39-3)15-27(41-19)42-21-4-9-30(18-34-13-12-33)23-5-8-29(2)22(20-14-26(35)40-17-20)7-11-32(29,38)24(23)6-10-31(30,37)16-21/h14,18-19,21-25,27-28,36-38H,4-11,13,15-17H2,1-3H3/t19-,21+,22-,23-,24+,25+,27-,28-,29+,30-,31-,32-/m0/s1. The third kappa shape index (κ3) is 4.50. The molecular formula is C32H46N2O8. The van der Waals surface area contributed by atoms with Crippen LogP contribution >= 0.6 is 0 Å². The van der Waals surface area contributed by atoms with Gasteiger partial charge in [0.15, 0.2) is 6.29 Å². The predicted molar refractivity (Wildman–Crippen MR) is 151 cm³/mol. The zero-order valence-electron chi connectivity index (χ0n) is 25.0. The number of fused-ring (bicyclic) bond motifs is 5. The van der Waals surface area contributed by atoms with Crippen molar-refractivity contribution in [3.05, 3.63) is 11.6 Å². The summed E-state index contributed by atoms with van der Waals surface area (Å²) in [7, 11) is 1.58. The average molecular weight is 587 g/mol. The Morgan fingerprint density at radius 3 is 2.67 bits per heavy atom. The molecule has 42 heavy (non-hydrogen) atoms. The maximum absolute atomic E-state index is 12.6. The van der Waals surface area contributed by atoms with Crippen LogP contribution in [0.15, 0.2) is 16.6 Å². The first kappa shape index (κ1) is 30.2. The number of hydrogen-bond acceptors (Lipinski definition) is 10. The minimum absolute atomic E-state index is 0.00544. The lowest BCUT2D eigenvalue weighted by atomic mass is 9.41. The van der Waals surface area contributed by atoms with E-state index in [1.807, 2.05) is 13.1 Å². The van der Waals surface area contributed by atoms with Gasteiger partial charge in [0.05, 0.1) is 35.6 Å². The lowest BCUT2D eigenvalue weighted by molar-refractivity contribution is -0.284. The number of nitrogens with zero attached hydrogens (tertiary/aromatic N) is 2. The molecule has 3 N–H and O–H groups in total. The van der Waals surface area contributed by atoms with Gasteiger partial charge in [-0.3, -0.25) is 4.99 Å².